The Bertz CT molecular complexity index is 432. The lowest BCUT2D eigenvalue weighted by Crippen LogP contribution is -2.09. The minimum atomic E-state index is -0.510. The van der Waals surface area contributed by atoms with Crippen LogP contribution in [0.3, 0.4) is 0 Å². The van der Waals surface area contributed by atoms with E-state index in [9.17, 15) is 4.79 Å². The van der Waals surface area contributed by atoms with Crippen molar-refractivity contribution >= 4 is 23.3 Å². The van der Waals surface area contributed by atoms with Gasteiger partial charge in [-0.25, -0.2) is 4.79 Å². The van der Waals surface area contributed by atoms with Gasteiger partial charge in [-0.05, 0) is 24.5 Å². The van der Waals surface area contributed by atoms with Crippen LogP contribution in [0.25, 0.3) is 0 Å². The molecule has 0 aliphatic heterocycles. The Morgan fingerprint density at radius 1 is 1.44 bits per heavy atom. The highest BCUT2D eigenvalue weighted by molar-refractivity contribution is 6.33. The lowest BCUT2D eigenvalue weighted by atomic mass is 10.1. The maximum absolute atomic E-state index is 11.6. The largest absolute Gasteiger partial charge is 0.491 e. The highest BCUT2D eigenvalue weighted by atomic mass is 35.5. The maximum atomic E-state index is 11.6. The Kier molecular flexibility index (Phi) is 5.28. The lowest BCUT2D eigenvalue weighted by Gasteiger charge is -2.13. The van der Waals surface area contributed by atoms with Crippen molar-refractivity contribution in [1.82, 2.24) is 0 Å². The fraction of sp³-hybridized carbons (Fsp3) is 0.462. The third-order valence-electron chi connectivity index (χ3n) is 2.41. The van der Waals surface area contributed by atoms with Crippen molar-refractivity contribution in [3.05, 3.63) is 22.7 Å². The summed E-state index contributed by atoms with van der Waals surface area (Å²) in [7, 11) is 1.30. The van der Waals surface area contributed by atoms with E-state index in [0.717, 1.165) is 6.42 Å². The Morgan fingerprint density at radius 2 is 2.11 bits per heavy atom. The molecule has 2 N–H and O–H groups in total. The van der Waals surface area contributed by atoms with E-state index in [2.05, 4.69) is 18.6 Å². The number of methoxy groups -OCH3 is 1. The molecular weight excluding hydrogens is 254 g/mol. The SMILES string of the molecule is COC(=O)c1cc(N)cc(Cl)c1OCCC(C)C. The van der Waals surface area contributed by atoms with Crippen molar-refractivity contribution < 1.29 is 14.3 Å². The second kappa shape index (κ2) is 6.50. The molecule has 0 aliphatic carbocycles. The van der Waals surface area contributed by atoms with Crippen LogP contribution < -0.4 is 10.5 Å². The van der Waals surface area contributed by atoms with E-state index in [-0.39, 0.29) is 5.56 Å². The molecule has 0 saturated heterocycles. The van der Waals surface area contributed by atoms with Gasteiger partial charge in [-0.3, -0.25) is 0 Å². The fourth-order valence-corrected chi connectivity index (χ4v) is 1.70. The number of rotatable bonds is 5. The highest BCUT2D eigenvalue weighted by Gasteiger charge is 2.17. The summed E-state index contributed by atoms with van der Waals surface area (Å²) in [5.74, 6) is 0.334. The summed E-state index contributed by atoms with van der Waals surface area (Å²) in [5, 5.41) is 0.319. The van der Waals surface area contributed by atoms with Crippen molar-refractivity contribution in [3.63, 3.8) is 0 Å². The number of carbonyl (C=O) groups excluding carboxylic acids is 1. The number of carbonyl (C=O) groups is 1. The molecule has 4 nitrogen and oxygen atoms in total. The standard InChI is InChI=1S/C13H18ClNO3/c1-8(2)4-5-18-12-10(13(16)17-3)6-9(15)7-11(12)14/h6-8H,4-5,15H2,1-3H3. The van der Waals surface area contributed by atoms with Gasteiger partial charge in [0.15, 0.2) is 5.75 Å². The fourth-order valence-electron chi connectivity index (χ4n) is 1.42. The molecule has 0 fully saturated rings. The summed E-state index contributed by atoms with van der Waals surface area (Å²) in [6.45, 7) is 4.68. The van der Waals surface area contributed by atoms with Crippen molar-refractivity contribution in [2.75, 3.05) is 19.5 Å². The molecule has 100 valence electrons. The zero-order valence-electron chi connectivity index (χ0n) is 10.8. The van der Waals surface area contributed by atoms with E-state index < -0.39 is 5.97 Å². The van der Waals surface area contributed by atoms with E-state index in [4.69, 9.17) is 22.1 Å². The topological polar surface area (TPSA) is 61.5 Å². The van der Waals surface area contributed by atoms with Crippen LogP contribution in [0.4, 0.5) is 5.69 Å². The Labute approximate surface area is 112 Å². The minimum Gasteiger partial charge on any atom is -0.491 e. The predicted molar refractivity (Wildman–Crippen MR) is 72.2 cm³/mol. The summed E-state index contributed by atoms with van der Waals surface area (Å²) in [6.07, 6.45) is 0.876. The quantitative estimate of drug-likeness (QED) is 0.660. The molecule has 0 atom stereocenters. The van der Waals surface area contributed by atoms with Gasteiger partial charge in [-0.15, -0.1) is 0 Å². The molecule has 0 amide bonds. The Morgan fingerprint density at radius 3 is 2.67 bits per heavy atom. The molecule has 0 aliphatic rings. The number of benzene rings is 1. The molecule has 0 spiro atoms. The summed E-state index contributed by atoms with van der Waals surface area (Å²) in [6, 6.07) is 3.06. The van der Waals surface area contributed by atoms with Gasteiger partial charge in [0.2, 0.25) is 0 Å². The van der Waals surface area contributed by atoms with Gasteiger partial charge in [0.1, 0.15) is 5.56 Å². The number of hydrogen-bond acceptors (Lipinski definition) is 4. The van der Waals surface area contributed by atoms with Crippen molar-refractivity contribution in [2.24, 2.45) is 5.92 Å². The second-order valence-corrected chi connectivity index (χ2v) is 4.81. The third-order valence-corrected chi connectivity index (χ3v) is 2.69. The normalized spacial score (nSPS) is 10.5. The zero-order chi connectivity index (χ0) is 13.7. The molecule has 0 unspecified atom stereocenters. The summed E-state index contributed by atoms with van der Waals surface area (Å²) in [5.41, 5.74) is 6.31. The number of nitrogens with two attached hydrogens (primary N) is 1. The van der Waals surface area contributed by atoms with Gasteiger partial charge in [0, 0.05) is 5.69 Å². The summed E-state index contributed by atoms with van der Waals surface area (Å²) >= 11 is 6.04. The first-order valence-electron chi connectivity index (χ1n) is 5.75. The molecule has 0 aromatic heterocycles. The number of halogens is 1. The Hall–Kier alpha value is -1.42. The number of anilines is 1. The van der Waals surface area contributed by atoms with Gasteiger partial charge >= 0.3 is 5.97 Å². The number of hydrogen-bond donors (Lipinski definition) is 1. The number of nitrogen functional groups attached to an aromatic ring is 1. The van der Waals surface area contributed by atoms with E-state index in [1.165, 1.54) is 13.2 Å². The van der Waals surface area contributed by atoms with Crippen LogP contribution in [0.1, 0.15) is 30.6 Å². The van der Waals surface area contributed by atoms with Gasteiger partial charge in [0.25, 0.3) is 0 Å². The van der Waals surface area contributed by atoms with Crippen LogP contribution in [-0.2, 0) is 4.74 Å². The molecule has 0 saturated carbocycles. The molecule has 0 radical (unpaired) electrons. The molecule has 0 bridgehead atoms. The summed E-state index contributed by atoms with van der Waals surface area (Å²) < 4.78 is 10.2. The van der Waals surface area contributed by atoms with E-state index >= 15 is 0 Å². The van der Waals surface area contributed by atoms with Crippen molar-refractivity contribution in [1.29, 1.82) is 0 Å². The molecule has 1 rings (SSSR count). The number of esters is 1. The van der Waals surface area contributed by atoms with Crippen LogP contribution in [0.2, 0.25) is 5.02 Å². The van der Waals surface area contributed by atoms with E-state index in [0.29, 0.717) is 29.0 Å². The smallest absolute Gasteiger partial charge is 0.341 e. The number of ether oxygens (including phenoxy) is 2. The van der Waals surface area contributed by atoms with Crippen molar-refractivity contribution in [3.8, 4) is 5.75 Å². The summed E-state index contributed by atoms with van der Waals surface area (Å²) in [4.78, 5) is 11.6. The van der Waals surface area contributed by atoms with Gasteiger partial charge in [0.05, 0.1) is 18.7 Å². The average molecular weight is 272 g/mol. The van der Waals surface area contributed by atoms with Crippen LogP contribution >= 0.6 is 11.6 Å². The average Bonchev–Trinajstić information content (AvgIpc) is 2.30. The van der Waals surface area contributed by atoms with Gasteiger partial charge in [-0.1, -0.05) is 25.4 Å². The predicted octanol–water partition coefficient (Wildman–Crippen LogP) is 3.13. The first-order valence-corrected chi connectivity index (χ1v) is 6.13. The second-order valence-electron chi connectivity index (χ2n) is 4.40. The third kappa shape index (κ3) is 3.81. The van der Waals surface area contributed by atoms with Crippen LogP contribution in [0.5, 0.6) is 5.75 Å². The van der Waals surface area contributed by atoms with Crippen LogP contribution in [0.15, 0.2) is 12.1 Å². The molecule has 18 heavy (non-hydrogen) atoms. The zero-order valence-corrected chi connectivity index (χ0v) is 11.6. The first kappa shape index (κ1) is 14.6. The molecular formula is C13H18ClNO3. The van der Waals surface area contributed by atoms with Gasteiger partial charge in [-0.2, -0.15) is 0 Å². The molecule has 1 aromatic rings. The monoisotopic (exact) mass is 271 g/mol. The van der Waals surface area contributed by atoms with Crippen molar-refractivity contribution in [2.45, 2.75) is 20.3 Å². The maximum Gasteiger partial charge on any atom is 0.341 e. The molecule has 5 heteroatoms. The Balaban J connectivity index is 2.96. The highest BCUT2D eigenvalue weighted by Crippen LogP contribution is 2.32. The molecule has 1 aromatic carbocycles. The van der Waals surface area contributed by atoms with Crippen LogP contribution in [-0.4, -0.2) is 19.7 Å². The van der Waals surface area contributed by atoms with Crippen LogP contribution in [0, 0.1) is 5.92 Å². The minimum absolute atomic E-state index is 0.256. The van der Waals surface area contributed by atoms with E-state index in [1.54, 1.807) is 6.07 Å². The molecule has 0 heterocycles. The lowest BCUT2D eigenvalue weighted by molar-refractivity contribution is 0.0596. The van der Waals surface area contributed by atoms with E-state index in [1.807, 2.05) is 0 Å². The first-order chi connectivity index (χ1) is 8.45. The van der Waals surface area contributed by atoms with Gasteiger partial charge < -0.3 is 15.2 Å².